The van der Waals surface area contributed by atoms with Crippen molar-refractivity contribution in [1.29, 1.82) is 0 Å². The van der Waals surface area contributed by atoms with Crippen molar-refractivity contribution in [2.24, 2.45) is 0 Å². The standard InChI is InChI=1S/C23H22FN3O4/c1-3-31-23(30)20-14-25-27(15(20)2)19-6-4-5-18(13-19)26-22(29)12-11-21(28)16-7-9-17(24)10-8-16/h4-10,13-14H,3,11-12H2,1-2H3,(H,26,29). The SMILES string of the molecule is CCOC(=O)c1cnn(-c2cccc(NC(=O)CCC(=O)c3ccc(F)cc3)c2)c1C. The number of anilines is 1. The minimum atomic E-state index is -0.443. The Morgan fingerprint density at radius 3 is 2.55 bits per heavy atom. The molecule has 31 heavy (non-hydrogen) atoms. The average Bonchev–Trinajstić information content (AvgIpc) is 3.14. The van der Waals surface area contributed by atoms with Crippen molar-refractivity contribution in [3.63, 3.8) is 0 Å². The monoisotopic (exact) mass is 423 g/mol. The predicted octanol–water partition coefficient (Wildman–Crippen LogP) is 4.10. The van der Waals surface area contributed by atoms with Gasteiger partial charge in [0, 0.05) is 24.1 Å². The van der Waals surface area contributed by atoms with Crippen LogP contribution < -0.4 is 5.32 Å². The first-order valence-corrected chi connectivity index (χ1v) is 9.80. The first-order valence-electron chi connectivity index (χ1n) is 9.80. The number of carbonyl (C=O) groups excluding carboxylic acids is 3. The van der Waals surface area contributed by atoms with Gasteiger partial charge in [-0.3, -0.25) is 9.59 Å². The summed E-state index contributed by atoms with van der Waals surface area (Å²) in [4.78, 5) is 36.4. The average molecular weight is 423 g/mol. The summed E-state index contributed by atoms with van der Waals surface area (Å²) in [6, 6.07) is 12.2. The molecule has 0 saturated carbocycles. The highest BCUT2D eigenvalue weighted by molar-refractivity contribution is 6.00. The summed E-state index contributed by atoms with van der Waals surface area (Å²) >= 11 is 0. The van der Waals surface area contributed by atoms with E-state index in [0.717, 1.165) is 0 Å². The molecular weight excluding hydrogens is 401 g/mol. The molecule has 0 fully saturated rings. The van der Waals surface area contributed by atoms with Crippen molar-refractivity contribution in [2.75, 3.05) is 11.9 Å². The summed E-state index contributed by atoms with van der Waals surface area (Å²) in [6.45, 7) is 3.76. The molecule has 0 radical (unpaired) electrons. The fourth-order valence-electron chi connectivity index (χ4n) is 3.03. The molecule has 0 atom stereocenters. The molecule has 1 amide bonds. The number of carbonyl (C=O) groups is 3. The molecule has 7 nitrogen and oxygen atoms in total. The molecule has 1 heterocycles. The van der Waals surface area contributed by atoms with E-state index >= 15 is 0 Å². The number of rotatable bonds is 8. The lowest BCUT2D eigenvalue weighted by Gasteiger charge is -2.09. The molecule has 0 bridgehead atoms. The fraction of sp³-hybridized carbons (Fsp3) is 0.217. The quantitative estimate of drug-likeness (QED) is 0.435. The van der Waals surface area contributed by atoms with Gasteiger partial charge in [-0.25, -0.2) is 13.9 Å². The number of ketones is 1. The maximum atomic E-state index is 13.0. The van der Waals surface area contributed by atoms with Crippen molar-refractivity contribution in [3.8, 4) is 5.69 Å². The predicted molar refractivity (Wildman–Crippen MR) is 113 cm³/mol. The normalized spacial score (nSPS) is 10.5. The number of amides is 1. The molecule has 0 saturated heterocycles. The van der Waals surface area contributed by atoms with E-state index in [-0.39, 0.29) is 31.1 Å². The highest BCUT2D eigenvalue weighted by Crippen LogP contribution is 2.19. The molecule has 0 unspecified atom stereocenters. The van der Waals surface area contributed by atoms with Gasteiger partial charge in [0.2, 0.25) is 5.91 Å². The number of nitrogens with one attached hydrogen (secondary N) is 1. The Bertz CT molecular complexity index is 1110. The smallest absolute Gasteiger partial charge is 0.341 e. The maximum Gasteiger partial charge on any atom is 0.341 e. The van der Waals surface area contributed by atoms with E-state index in [2.05, 4.69) is 10.4 Å². The van der Waals surface area contributed by atoms with Crippen LogP contribution in [0.1, 0.15) is 46.2 Å². The third-order valence-electron chi connectivity index (χ3n) is 4.62. The van der Waals surface area contributed by atoms with Gasteiger partial charge in [-0.05, 0) is 56.3 Å². The lowest BCUT2D eigenvalue weighted by Crippen LogP contribution is -2.14. The molecule has 1 N–H and O–H groups in total. The summed E-state index contributed by atoms with van der Waals surface area (Å²) in [5.41, 5.74) is 2.54. The summed E-state index contributed by atoms with van der Waals surface area (Å²) < 4.78 is 19.6. The maximum absolute atomic E-state index is 13.0. The Hall–Kier alpha value is -3.81. The van der Waals surface area contributed by atoms with Crippen molar-refractivity contribution in [1.82, 2.24) is 9.78 Å². The molecule has 0 aliphatic carbocycles. The van der Waals surface area contributed by atoms with Gasteiger partial charge in [-0.1, -0.05) is 6.07 Å². The second-order valence-electron chi connectivity index (χ2n) is 6.80. The van der Waals surface area contributed by atoms with Crippen LogP contribution in [0.3, 0.4) is 0 Å². The van der Waals surface area contributed by atoms with Crippen LogP contribution in [0.2, 0.25) is 0 Å². The molecule has 0 aliphatic heterocycles. The van der Waals surface area contributed by atoms with E-state index in [1.807, 2.05) is 0 Å². The lowest BCUT2D eigenvalue weighted by atomic mass is 10.1. The first kappa shape index (κ1) is 21.9. The van der Waals surface area contributed by atoms with E-state index in [0.29, 0.717) is 28.2 Å². The number of hydrogen-bond donors (Lipinski definition) is 1. The number of aromatic nitrogens is 2. The van der Waals surface area contributed by atoms with Crippen LogP contribution in [-0.4, -0.2) is 34.0 Å². The van der Waals surface area contributed by atoms with Gasteiger partial charge >= 0.3 is 5.97 Å². The number of hydrogen-bond acceptors (Lipinski definition) is 5. The topological polar surface area (TPSA) is 90.3 Å². The number of esters is 1. The Kier molecular flexibility index (Phi) is 6.92. The van der Waals surface area contributed by atoms with Crippen LogP contribution in [0.4, 0.5) is 10.1 Å². The van der Waals surface area contributed by atoms with Gasteiger partial charge in [-0.2, -0.15) is 5.10 Å². The Balaban J connectivity index is 1.64. The van der Waals surface area contributed by atoms with Gasteiger partial charge < -0.3 is 10.1 Å². The van der Waals surface area contributed by atoms with E-state index in [1.165, 1.54) is 30.5 Å². The van der Waals surface area contributed by atoms with Gasteiger partial charge in [-0.15, -0.1) is 0 Å². The number of halogens is 1. The van der Waals surface area contributed by atoms with Gasteiger partial charge in [0.25, 0.3) is 0 Å². The molecule has 1 aromatic heterocycles. The summed E-state index contributed by atoms with van der Waals surface area (Å²) in [6.07, 6.45) is 1.45. The molecule has 3 aromatic rings. The zero-order valence-electron chi connectivity index (χ0n) is 17.2. The number of Topliss-reactive ketones (excluding diaryl/α,β-unsaturated/α-hetero) is 1. The molecule has 8 heteroatoms. The summed E-state index contributed by atoms with van der Waals surface area (Å²) in [7, 11) is 0. The highest BCUT2D eigenvalue weighted by Gasteiger charge is 2.16. The van der Waals surface area contributed by atoms with E-state index in [1.54, 1.807) is 42.8 Å². The van der Waals surface area contributed by atoms with Crippen molar-refractivity contribution in [3.05, 3.63) is 77.4 Å². The fourth-order valence-corrected chi connectivity index (χ4v) is 3.03. The zero-order valence-corrected chi connectivity index (χ0v) is 17.2. The van der Waals surface area contributed by atoms with Crippen LogP contribution in [0.15, 0.2) is 54.7 Å². The van der Waals surface area contributed by atoms with E-state index < -0.39 is 11.8 Å². The Morgan fingerprint density at radius 2 is 1.84 bits per heavy atom. The molecule has 0 aliphatic rings. The van der Waals surface area contributed by atoms with E-state index in [9.17, 15) is 18.8 Å². The van der Waals surface area contributed by atoms with Crippen molar-refractivity contribution < 1.29 is 23.5 Å². The third kappa shape index (κ3) is 5.42. The van der Waals surface area contributed by atoms with Gasteiger partial charge in [0.05, 0.1) is 24.2 Å². The zero-order chi connectivity index (χ0) is 22.4. The number of ether oxygens (including phenoxy) is 1. The second kappa shape index (κ2) is 9.80. The van der Waals surface area contributed by atoms with Crippen LogP contribution >= 0.6 is 0 Å². The largest absolute Gasteiger partial charge is 0.462 e. The highest BCUT2D eigenvalue weighted by atomic mass is 19.1. The molecule has 2 aromatic carbocycles. The van der Waals surface area contributed by atoms with Crippen LogP contribution in [0.25, 0.3) is 5.69 Å². The van der Waals surface area contributed by atoms with Gasteiger partial charge in [0.15, 0.2) is 5.78 Å². The lowest BCUT2D eigenvalue weighted by molar-refractivity contribution is -0.116. The minimum absolute atomic E-state index is 0.00571. The number of benzene rings is 2. The summed E-state index contributed by atoms with van der Waals surface area (Å²) in [5, 5.41) is 6.99. The second-order valence-corrected chi connectivity index (χ2v) is 6.80. The first-order chi connectivity index (χ1) is 14.9. The molecule has 3 rings (SSSR count). The third-order valence-corrected chi connectivity index (χ3v) is 4.62. The van der Waals surface area contributed by atoms with Crippen LogP contribution in [0.5, 0.6) is 0 Å². The van der Waals surface area contributed by atoms with Crippen molar-refractivity contribution >= 4 is 23.3 Å². The van der Waals surface area contributed by atoms with Crippen LogP contribution in [-0.2, 0) is 9.53 Å². The minimum Gasteiger partial charge on any atom is -0.462 e. The summed E-state index contributed by atoms with van der Waals surface area (Å²) in [5.74, 6) is -1.42. The molecule has 160 valence electrons. The van der Waals surface area contributed by atoms with E-state index in [4.69, 9.17) is 4.74 Å². The number of nitrogens with zero attached hydrogens (tertiary/aromatic N) is 2. The van der Waals surface area contributed by atoms with Crippen molar-refractivity contribution in [2.45, 2.75) is 26.7 Å². The molecule has 0 spiro atoms. The Labute approximate surface area is 178 Å². The van der Waals surface area contributed by atoms with Crippen LogP contribution in [0, 0.1) is 12.7 Å². The van der Waals surface area contributed by atoms with Gasteiger partial charge in [0.1, 0.15) is 11.4 Å². The molecular formula is C23H22FN3O4. The Morgan fingerprint density at radius 1 is 1.10 bits per heavy atom.